The molecule has 0 aliphatic carbocycles. The summed E-state index contributed by atoms with van der Waals surface area (Å²) >= 11 is 0. The smallest absolute Gasteiger partial charge is 0.265 e. The van der Waals surface area contributed by atoms with Crippen LogP contribution in [-0.2, 0) is 4.79 Å². The molecule has 74 valence electrons. The Morgan fingerprint density at radius 3 is 2.86 bits per heavy atom. The van der Waals surface area contributed by atoms with Gasteiger partial charge in [-0.15, -0.1) is 0 Å². The molecule has 0 saturated heterocycles. The van der Waals surface area contributed by atoms with Gasteiger partial charge in [-0.1, -0.05) is 0 Å². The van der Waals surface area contributed by atoms with Crippen LogP contribution in [0.2, 0.25) is 0 Å². The molecule has 1 amide bonds. The lowest BCUT2D eigenvalue weighted by Crippen LogP contribution is -2.34. The molecule has 0 bridgehead atoms. The Labute approximate surface area is 78.7 Å². The molecule has 0 saturated carbocycles. The van der Waals surface area contributed by atoms with Crippen LogP contribution >= 0.6 is 0 Å². The van der Waals surface area contributed by atoms with Gasteiger partial charge >= 0.3 is 0 Å². The van der Waals surface area contributed by atoms with Crippen molar-refractivity contribution in [3.63, 3.8) is 0 Å². The van der Waals surface area contributed by atoms with Crippen molar-refractivity contribution >= 4 is 11.6 Å². The number of nitrogens with one attached hydrogen (secondary N) is 1. The molecule has 1 aliphatic rings. The number of fused-ring (bicyclic) bond motifs is 1. The largest absolute Gasteiger partial charge is 0.476 e. The minimum absolute atomic E-state index is 0.0330. The van der Waals surface area contributed by atoms with Crippen molar-refractivity contribution in [2.75, 3.05) is 5.32 Å². The van der Waals surface area contributed by atoms with Gasteiger partial charge in [-0.3, -0.25) is 4.79 Å². The van der Waals surface area contributed by atoms with Crippen LogP contribution in [-0.4, -0.2) is 12.0 Å². The minimum atomic E-state index is -0.813. The molecule has 2 rings (SSSR count). The molecule has 0 aromatic heterocycles. The summed E-state index contributed by atoms with van der Waals surface area (Å²) in [4.78, 5) is 11.1. The van der Waals surface area contributed by atoms with Crippen molar-refractivity contribution in [3.8, 4) is 5.75 Å². The molecule has 1 atom stereocenters. The van der Waals surface area contributed by atoms with E-state index in [0.29, 0.717) is 6.07 Å². The monoisotopic (exact) mass is 199 g/mol. The second kappa shape index (κ2) is 2.94. The fourth-order valence-electron chi connectivity index (χ4n) is 1.24. The first-order chi connectivity index (χ1) is 6.58. The third-order valence-corrected chi connectivity index (χ3v) is 1.93. The van der Waals surface area contributed by atoms with Gasteiger partial charge in [0, 0.05) is 12.1 Å². The van der Waals surface area contributed by atoms with Crippen molar-refractivity contribution < 1.29 is 18.3 Å². The van der Waals surface area contributed by atoms with E-state index in [0.717, 1.165) is 6.07 Å². The Balaban J connectivity index is 2.51. The number of rotatable bonds is 0. The van der Waals surface area contributed by atoms with E-state index in [9.17, 15) is 13.6 Å². The summed E-state index contributed by atoms with van der Waals surface area (Å²) in [6.07, 6.45) is -0.762. The second-order valence-electron chi connectivity index (χ2n) is 3.01. The maximum atomic E-state index is 13.1. The first kappa shape index (κ1) is 8.93. The first-order valence-corrected chi connectivity index (χ1v) is 4.04. The molecule has 1 aliphatic heterocycles. The Morgan fingerprint density at radius 1 is 1.43 bits per heavy atom. The van der Waals surface area contributed by atoms with Crippen LogP contribution < -0.4 is 10.1 Å². The lowest BCUT2D eigenvalue weighted by Gasteiger charge is -2.23. The van der Waals surface area contributed by atoms with E-state index in [1.807, 2.05) is 0 Å². The van der Waals surface area contributed by atoms with Crippen LogP contribution in [0.1, 0.15) is 6.92 Å². The Morgan fingerprint density at radius 2 is 2.14 bits per heavy atom. The van der Waals surface area contributed by atoms with Crippen LogP contribution in [0, 0.1) is 11.6 Å². The number of halogens is 2. The van der Waals surface area contributed by atoms with Crippen LogP contribution in [0.15, 0.2) is 12.1 Å². The number of benzene rings is 1. The topological polar surface area (TPSA) is 38.3 Å². The zero-order valence-corrected chi connectivity index (χ0v) is 7.30. The molecule has 1 aromatic carbocycles. The van der Waals surface area contributed by atoms with Gasteiger partial charge in [0.2, 0.25) is 0 Å². The van der Waals surface area contributed by atoms with E-state index < -0.39 is 23.6 Å². The summed E-state index contributed by atoms with van der Waals surface area (Å²) in [6.45, 7) is 1.49. The van der Waals surface area contributed by atoms with Gasteiger partial charge in [-0.05, 0) is 6.92 Å². The summed E-state index contributed by atoms with van der Waals surface area (Å²) in [5, 5.41) is 2.35. The number of ether oxygens (including phenoxy) is 1. The number of hydrogen-bond donors (Lipinski definition) is 1. The normalized spacial score (nSPS) is 19.6. The molecule has 0 spiro atoms. The van der Waals surface area contributed by atoms with E-state index >= 15 is 0 Å². The second-order valence-corrected chi connectivity index (χ2v) is 3.01. The van der Waals surface area contributed by atoms with Gasteiger partial charge in [0.15, 0.2) is 17.7 Å². The number of carbonyl (C=O) groups is 1. The lowest BCUT2D eigenvalue weighted by atomic mass is 10.2. The van der Waals surface area contributed by atoms with Gasteiger partial charge in [0.25, 0.3) is 5.91 Å². The fraction of sp³-hybridized carbons (Fsp3) is 0.222. The highest BCUT2D eigenvalue weighted by Gasteiger charge is 2.26. The van der Waals surface area contributed by atoms with E-state index in [1.54, 1.807) is 0 Å². The van der Waals surface area contributed by atoms with E-state index in [4.69, 9.17) is 4.74 Å². The third kappa shape index (κ3) is 1.30. The third-order valence-electron chi connectivity index (χ3n) is 1.93. The van der Waals surface area contributed by atoms with Crippen LogP contribution in [0.25, 0.3) is 0 Å². The maximum Gasteiger partial charge on any atom is 0.265 e. The van der Waals surface area contributed by atoms with Gasteiger partial charge < -0.3 is 10.1 Å². The molecule has 1 aromatic rings. The molecular weight excluding hydrogens is 192 g/mol. The minimum Gasteiger partial charge on any atom is -0.476 e. The van der Waals surface area contributed by atoms with Crippen molar-refractivity contribution in [3.05, 3.63) is 23.8 Å². The molecule has 0 fully saturated rings. The van der Waals surface area contributed by atoms with E-state index in [2.05, 4.69) is 5.32 Å². The average Bonchev–Trinajstić information content (AvgIpc) is 2.08. The van der Waals surface area contributed by atoms with Crippen LogP contribution in [0.4, 0.5) is 14.5 Å². The predicted molar refractivity (Wildman–Crippen MR) is 45.1 cm³/mol. The van der Waals surface area contributed by atoms with E-state index in [-0.39, 0.29) is 11.4 Å². The number of anilines is 1. The van der Waals surface area contributed by atoms with Crippen molar-refractivity contribution in [1.82, 2.24) is 0 Å². The fourth-order valence-corrected chi connectivity index (χ4v) is 1.24. The number of amides is 1. The molecule has 1 N–H and O–H groups in total. The van der Waals surface area contributed by atoms with Gasteiger partial charge in [0.1, 0.15) is 5.82 Å². The summed E-state index contributed by atoms with van der Waals surface area (Å²) in [5.74, 6) is -2.09. The van der Waals surface area contributed by atoms with Crippen molar-refractivity contribution in [2.24, 2.45) is 0 Å². The average molecular weight is 199 g/mol. The predicted octanol–water partition coefficient (Wildman–Crippen LogP) is 1.68. The first-order valence-electron chi connectivity index (χ1n) is 4.04. The number of carbonyl (C=O) groups excluding carboxylic acids is 1. The van der Waals surface area contributed by atoms with Gasteiger partial charge in [-0.2, -0.15) is 0 Å². The standard InChI is InChI=1S/C9H7F2NO2/c1-4-9(13)12-7-3-5(10)2-6(11)8(7)14-4/h2-4H,1H3,(H,12,13)/t4-/m1/s1. The van der Waals surface area contributed by atoms with E-state index in [1.165, 1.54) is 6.92 Å². The Kier molecular flexibility index (Phi) is 1.87. The molecule has 0 unspecified atom stereocenters. The zero-order chi connectivity index (χ0) is 10.3. The maximum absolute atomic E-state index is 13.1. The SMILES string of the molecule is C[C@H]1Oc2c(F)cc(F)cc2NC1=O. The summed E-state index contributed by atoms with van der Waals surface area (Å²) < 4.78 is 30.8. The molecule has 3 nitrogen and oxygen atoms in total. The summed E-state index contributed by atoms with van der Waals surface area (Å²) in [6, 6.07) is 1.73. The van der Waals surface area contributed by atoms with Gasteiger partial charge in [-0.25, -0.2) is 8.78 Å². The molecular formula is C9H7F2NO2. The Bertz CT molecular complexity index is 406. The zero-order valence-electron chi connectivity index (χ0n) is 7.30. The van der Waals surface area contributed by atoms with Crippen LogP contribution in [0.5, 0.6) is 5.75 Å². The lowest BCUT2D eigenvalue weighted by molar-refractivity contribution is -0.122. The molecule has 14 heavy (non-hydrogen) atoms. The number of hydrogen-bond acceptors (Lipinski definition) is 2. The Hall–Kier alpha value is -1.65. The highest BCUT2D eigenvalue weighted by atomic mass is 19.1. The highest BCUT2D eigenvalue weighted by molar-refractivity contribution is 5.97. The van der Waals surface area contributed by atoms with Crippen molar-refractivity contribution in [2.45, 2.75) is 13.0 Å². The quantitative estimate of drug-likeness (QED) is 0.690. The van der Waals surface area contributed by atoms with Gasteiger partial charge in [0.05, 0.1) is 5.69 Å². The molecule has 1 heterocycles. The molecule has 5 heteroatoms. The van der Waals surface area contributed by atoms with Crippen molar-refractivity contribution in [1.29, 1.82) is 0 Å². The van der Waals surface area contributed by atoms with Crippen LogP contribution in [0.3, 0.4) is 0 Å². The molecule has 0 radical (unpaired) electrons. The highest BCUT2D eigenvalue weighted by Crippen LogP contribution is 2.32. The summed E-state index contributed by atoms with van der Waals surface area (Å²) in [5.41, 5.74) is 0.0330. The summed E-state index contributed by atoms with van der Waals surface area (Å²) in [7, 11) is 0.